The van der Waals surface area contributed by atoms with E-state index >= 15 is 24.0 Å². The number of aromatic nitrogens is 1. The van der Waals surface area contributed by atoms with Crippen LogP contribution in [0.15, 0.2) is 140 Å². The Bertz CT molecular complexity index is 4470. The van der Waals surface area contributed by atoms with Gasteiger partial charge in [0.25, 0.3) is 0 Å². The van der Waals surface area contributed by atoms with Gasteiger partial charge in [0.2, 0.25) is 82.7 Å². The molecule has 0 bridgehead atoms. The average molecular weight is 1630 g/mol. The minimum absolute atomic E-state index is 0.0508. The smallest absolute Gasteiger partial charge is 0.305 e. The molecular formula is C83H107N15O18S. The molecule has 628 valence electrons. The van der Waals surface area contributed by atoms with Gasteiger partial charge in [-0.05, 0) is 82.8 Å². The van der Waals surface area contributed by atoms with E-state index in [1.807, 2.05) is 6.92 Å². The van der Waals surface area contributed by atoms with E-state index in [-0.39, 0.29) is 68.1 Å². The maximum Gasteiger partial charge on any atom is 0.305 e. The molecule has 1 aromatic heterocycles. The third-order valence-corrected chi connectivity index (χ3v) is 20.7. The molecular weight excluding hydrogens is 1530 g/mol. The number of unbranched alkanes of at least 4 members (excludes halogenated alkanes) is 1. The molecule has 34 heteroatoms. The number of rotatable bonds is 21. The number of phenolic OH excluding ortho intramolecular Hbond substituents is 2. The molecule has 0 aliphatic carbocycles. The molecule has 33 nitrogen and oxygen atoms in total. The zero-order valence-corrected chi connectivity index (χ0v) is 67.9. The number of nitrogens with two attached hydrogens (primary N) is 1. The summed E-state index contributed by atoms with van der Waals surface area (Å²) in [6, 6.07) is 20.3. The number of hydrogen-bond acceptors (Lipinski definition) is 18. The van der Waals surface area contributed by atoms with Crippen LogP contribution >= 0.6 is 11.8 Å². The number of carboxylic acids is 1. The Morgan fingerprint density at radius 3 is 1.53 bits per heavy atom. The number of carboxylic acid groups (broad SMARTS) is 1. The third-order valence-electron chi connectivity index (χ3n) is 19.7. The number of H-pyrrole nitrogens is 1. The highest BCUT2D eigenvalue weighted by atomic mass is 32.2. The van der Waals surface area contributed by atoms with Gasteiger partial charge in [-0.25, -0.2) is 0 Å². The van der Waals surface area contributed by atoms with Gasteiger partial charge in [-0.3, -0.25) is 71.9 Å². The number of hydrogen-bond donors (Lipinski definition) is 14. The van der Waals surface area contributed by atoms with Crippen molar-refractivity contribution in [1.29, 1.82) is 0 Å². The molecule has 1 fully saturated rings. The number of thioether (sulfide) groups is 1. The lowest BCUT2D eigenvalue weighted by Gasteiger charge is -2.34. The number of nitrogens with one attached hydrogen (secondary N) is 10. The number of benzene rings is 5. The highest BCUT2D eigenvalue weighted by Gasteiger charge is 2.41. The number of phenols is 2. The van der Waals surface area contributed by atoms with Crippen LogP contribution < -0.4 is 53.6 Å². The summed E-state index contributed by atoms with van der Waals surface area (Å²) in [6.45, 7) is 6.23. The van der Waals surface area contributed by atoms with Crippen molar-refractivity contribution in [2.24, 2.45) is 17.6 Å². The maximum absolute atomic E-state index is 15.3. The Morgan fingerprint density at radius 2 is 0.974 bits per heavy atom. The van der Waals surface area contributed by atoms with Gasteiger partial charge in [0.15, 0.2) is 0 Å². The minimum Gasteiger partial charge on any atom is -0.508 e. The van der Waals surface area contributed by atoms with Crippen LogP contribution in [0.25, 0.3) is 10.9 Å². The van der Waals surface area contributed by atoms with Crippen molar-refractivity contribution in [1.82, 2.24) is 72.4 Å². The van der Waals surface area contributed by atoms with Crippen molar-refractivity contribution < 1.29 is 87.2 Å². The van der Waals surface area contributed by atoms with E-state index in [9.17, 15) is 63.3 Å². The summed E-state index contributed by atoms with van der Waals surface area (Å²) in [6.07, 6.45) is 0.405. The quantitative estimate of drug-likeness (QED) is 0.0482. The van der Waals surface area contributed by atoms with Crippen LogP contribution in [0.4, 0.5) is 0 Å². The molecule has 6 aromatic rings. The van der Waals surface area contributed by atoms with Crippen LogP contribution in [-0.2, 0) is 104 Å². The molecule has 14 amide bonds. The van der Waals surface area contributed by atoms with Gasteiger partial charge in [-0.1, -0.05) is 151 Å². The highest BCUT2D eigenvalue weighted by molar-refractivity contribution is 8.00. The first-order chi connectivity index (χ1) is 55.6. The van der Waals surface area contributed by atoms with E-state index in [4.69, 9.17) is 5.73 Å². The Balaban J connectivity index is 1.32. The Morgan fingerprint density at radius 1 is 0.504 bits per heavy atom. The van der Waals surface area contributed by atoms with Gasteiger partial charge in [-0.2, -0.15) is 0 Å². The number of carbonyl (C=O) groups excluding carboxylic acids is 14. The van der Waals surface area contributed by atoms with E-state index in [1.54, 1.807) is 119 Å². The first kappa shape index (κ1) is 91.8. The molecule has 0 radical (unpaired) electrons. The number of aromatic hydroxyl groups is 2. The van der Waals surface area contributed by atoms with Gasteiger partial charge in [0, 0.05) is 83.1 Å². The zero-order valence-electron chi connectivity index (χ0n) is 67.1. The van der Waals surface area contributed by atoms with Crippen LogP contribution in [0.5, 0.6) is 11.5 Å². The summed E-state index contributed by atoms with van der Waals surface area (Å²) in [4.78, 5) is 224. The van der Waals surface area contributed by atoms with Crippen LogP contribution in [0, 0.1) is 11.8 Å². The molecule has 1 saturated heterocycles. The maximum atomic E-state index is 15.3. The second kappa shape index (κ2) is 44.5. The Labute approximate surface area is 682 Å². The summed E-state index contributed by atoms with van der Waals surface area (Å²) in [5.74, 6) is -16.4. The van der Waals surface area contributed by atoms with Crippen molar-refractivity contribution in [2.75, 3.05) is 59.3 Å². The number of carbonyl (C=O) groups is 15. The summed E-state index contributed by atoms with van der Waals surface area (Å²) < 4.78 is 0. The standard InChI is InChI=1S/C83H107N15O18S/c1-10-11-26-66-82(115)96(7)45-70(103)88-62(41-72(105)106)78(111)94-73(49(4)5)83(116)98(9)67(39-51-22-16-13-17-23-51)79(112)92-63(38-53-29-33-56(100)34-30-53)80(113)95(6)44-69(102)87-61(40-54-42-85-58-25-19-18-24-57(54)58)77(110)91-60(36-52-27-31-55(99)32-28-52)76(109)90-59(35-48(2)3)75(108)93-65(74(107)86-43-68(84)101)46-117-47-71(104)89-64(81(114)97(66)8)37-50-20-14-12-15-21-50/h12-25,27-34,42,48-49,59-67,73,85,99-100H,10-11,26,35-41,43-47H2,1-9H3,(H2,84,101)(H,86,107)(H,87,102)(H,88,103)(H,89,104)(H,90,109)(H,91,110)(H,92,112)(H,93,108)(H,94,111)(H,105,106)/t59-,60-,61-,62-,63-,64-,65-,66-,67-,73-/m0/s1. The van der Waals surface area contributed by atoms with Crippen LogP contribution in [0.1, 0.15) is 94.5 Å². The van der Waals surface area contributed by atoms with Crippen molar-refractivity contribution in [3.63, 3.8) is 0 Å². The Hall–Kier alpha value is -12.4. The fourth-order valence-electron chi connectivity index (χ4n) is 13.3. The van der Waals surface area contributed by atoms with E-state index in [0.29, 0.717) is 51.6 Å². The lowest BCUT2D eigenvalue weighted by molar-refractivity contribution is -0.147. The average Bonchev–Trinajstić information content (AvgIpc) is 1.51. The molecule has 1 aliphatic heterocycles. The van der Waals surface area contributed by atoms with Crippen molar-refractivity contribution >= 4 is 111 Å². The topological polar surface area (TPSA) is 480 Å². The van der Waals surface area contributed by atoms with Crippen molar-refractivity contribution in [2.45, 2.75) is 159 Å². The predicted octanol–water partition coefficient (Wildman–Crippen LogP) is 1.26. The first-order valence-electron chi connectivity index (χ1n) is 38.6. The second-order valence-electron chi connectivity index (χ2n) is 29.9. The van der Waals surface area contributed by atoms with Crippen molar-refractivity contribution in [3.05, 3.63) is 167 Å². The number of aliphatic carboxylic acids is 1. The molecule has 0 unspecified atom stereocenters. The summed E-state index contributed by atoms with van der Waals surface area (Å²) >= 11 is 0.833. The second-order valence-corrected chi connectivity index (χ2v) is 30.9. The summed E-state index contributed by atoms with van der Waals surface area (Å²) in [5.41, 5.74) is 8.55. The lowest BCUT2D eigenvalue weighted by Crippen LogP contribution is -2.61. The van der Waals surface area contributed by atoms with Gasteiger partial charge in [0.05, 0.1) is 31.8 Å². The van der Waals surface area contributed by atoms with Gasteiger partial charge in [0.1, 0.15) is 71.9 Å². The molecule has 2 heterocycles. The molecule has 15 N–H and O–H groups in total. The van der Waals surface area contributed by atoms with E-state index in [1.165, 1.54) is 76.7 Å². The highest BCUT2D eigenvalue weighted by Crippen LogP contribution is 2.23. The number of amides is 14. The SMILES string of the molecule is CCCC[C@H]1C(=O)N(C)CC(=O)N[C@@H](CC(=O)O)C(=O)N[C@@H](C(C)C)C(=O)N(C)[C@@H](Cc2ccccc2)C(=O)N[C@@H](Cc2ccc(O)cc2)C(=O)N(C)CC(=O)N[C@@H](Cc2c[nH]c3ccccc23)C(=O)N[C@@H](Cc2ccc(O)cc2)C(=O)N[C@@H](CC(C)C)C(=O)N[C@H](C(=O)NCC(N)=O)CSCC(=O)N[C@@H](Cc2ccccc2)C(=O)N1C. The summed E-state index contributed by atoms with van der Waals surface area (Å²) in [7, 11) is 5.15. The van der Waals surface area contributed by atoms with Gasteiger partial charge >= 0.3 is 5.97 Å². The molecule has 0 spiro atoms. The van der Waals surface area contributed by atoms with Gasteiger partial charge in [-0.15, -0.1) is 11.8 Å². The zero-order chi connectivity index (χ0) is 85.7. The van der Waals surface area contributed by atoms with Crippen molar-refractivity contribution in [3.8, 4) is 11.5 Å². The van der Waals surface area contributed by atoms with Crippen LogP contribution in [-0.4, -0.2) is 248 Å². The largest absolute Gasteiger partial charge is 0.508 e. The number of fused-ring (bicyclic) bond motifs is 1. The van der Waals surface area contributed by atoms with Crippen LogP contribution in [0.2, 0.25) is 0 Å². The molecule has 7 rings (SSSR count). The number of nitrogens with zero attached hydrogens (tertiary/aromatic N) is 4. The summed E-state index contributed by atoms with van der Waals surface area (Å²) in [5, 5.41) is 55.2. The molecule has 1 aliphatic rings. The minimum atomic E-state index is -1.88. The number of likely N-dealkylation sites (N-methyl/N-ethyl adjacent to an activating group) is 4. The number of aromatic amines is 1. The van der Waals surface area contributed by atoms with Crippen LogP contribution in [0.3, 0.4) is 0 Å². The third kappa shape index (κ3) is 28.3. The van der Waals surface area contributed by atoms with E-state index < -0.39 is 187 Å². The Kier molecular flexibility index (Phi) is 34.9. The first-order valence-corrected chi connectivity index (χ1v) is 39.7. The monoisotopic (exact) mass is 1630 g/mol. The fourth-order valence-corrected chi connectivity index (χ4v) is 14.2. The molecule has 117 heavy (non-hydrogen) atoms. The normalized spacial score (nSPS) is 22.0. The molecule has 0 saturated carbocycles. The predicted molar refractivity (Wildman–Crippen MR) is 435 cm³/mol. The number of primary amides is 1. The molecule has 10 atom stereocenters. The number of para-hydroxylation sites is 1. The lowest BCUT2D eigenvalue weighted by atomic mass is 9.98. The van der Waals surface area contributed by atoms with E-state index in [2.05, 4.69) is 52.8 Å². The fraction of sp³-hybridized carbons (Fsp3) is 0.434. The molecule has 5 aromatic carbocycles. The van der Waals surface area contributed by atoms with Gasteiger partial charge < -0.3 is 93.5 Å². The van der Waals surface area contributed by atoms with E-state index in [0.717, 1.165) is 31.4 Å².